The van der Waals surface area contributed by atoms with E-state index in [-0.39, 0.29) is 11.4 Å². The van der Waals surface area contributed by atoms with Crippen LogP contribution in [0.15, 0.2) is 92.8 Å². The molecule has 0 N–H and O–H groups in total. The number of para-hydroxylation sites is 1. The summed E-state index contributed by atoms with van der Waals surface area (Å²) in [5, 5.41) is 5.23. The van der Waals surface area contributed by atoms with Gasteiger partial charge in [0.05, 0.1) is 22.4 Å². The molecule has 0 aliphatic carbocycles. The molecular formula is C27H14BrFN4O3. The highest BCUT2D eigenvalue weighted by molar-refractivity contribution is 9.10. The molecule has 0 amide bonds. The summed E-state index contributed by atoms with van der Waals surface area (Å²) < 4.78 is 28.7. The van der Waals surface area contributed by atoms with E-state index in [2.05, 4.69) is 26.0 Å². The van der Waals surface area contributed by atoms with E-state index in [1.807, 2.05) is 36.4 Å². The second kappa shape index (κ2) is 7.82. The maximum absolute atomic E-state index is 14.4. The zero-order chi connectivity index (χ0) is 24.4. The fraction of sp³-hybridized carbons (Fsp3) is 0.0370. The summed E-state index contributed by atoms with van der Waals surface area (Å²) in [6.07, 6.45) is 1.52. The lowest BCUT2D eigenvalue weighted by molar-refractivity contribution is 0.422. The van der Waals surface area contributed by atoms with E-state index in [0.29, 0.717) is 39.3 Å². The van der Waals surface area contributed by atoms with Crippen LogP contribution in [0.5, 0.6) is 11.6 Å². The molecule has 0 fully saturated rings. The van der Waals surface area contributed by atoms with Crippen molar-refractivity contribution in [3.8, 4) is 23.0 Å². The first kappa shape index (κ1) is 21.0. The Hall–Kier alpha value is -4.37. The van der Waals surface area contributed by atoms with Crippen LogP contribution in [0.2, 0.25) is 0 Å². The molecular weight excluding hydrogens is 527 g/mol. The fourth-order valence-electron chi connectivity index (χ4n) is 4.71. The van der Waals surface area contributed by atoms with Gasteiger partial charge in [0.1, 0.15) is 17.7 Å². The van der Waals surface area contributed by atoms with Crippen LogP contribution in [-0.4, -0.2) is 19.6 Å². The number of benzene rings is 3. The van der Waals surface area contributed by atoms with Crippen LogP contribution >= 0.6 is 15.9 Å². The monoisotopic (exact) mass is 540 g/mol. The van der Waals surface area contributed by atoms with Crippen molar-refractivity contribution >= 4 is 32.5 Å². The molecule has 1 aliphatic rings. The zero-order valence-electron chi connectivity index (χ0n) is 18.4. The molecule has 0 spiro atoms. The largest absolute Gasteiger partial charge is 0.437 e. The Kier molecular flexibility index (Phi) is 4.55. The van der Waals surface area contributed by atoms with Gasteiger partial charge in [0, 0.05) is 10.0 Å². The Balaban J connectivity index is 1.56. The highest BCUT2D eigenvalue weighted by atomic mass is 79.9. The van der Waals surface area contributed by atoms with Crippen LogP contribution in [0.4, 0.5) is 4.39 Å². The average Bonchev–Trinajstić information content (AvgIpc) is 3.32. The van der Waals surface area contributed by atoms with Crippen molar-refractivity contribution in [1.82, 2.24) is 19.6 Å². The second-order valence-electron chi connectivity index (χ2n) is 8.37. The minimum Gasteiger partial charge on any atom is -0.437 e. The predicted molar refractivity (Wildman–Crippen MR) is 134 cm³/mol. The Labute approximate surface area is 211 Å². The maximum atomic E-state index is 14.4. The highest BCUT2D eigenvalue weighted by Gasteiger charge is 2.37. The van der Waals surface area contributed by atoms with E-state index >= 15 is 0 Å². The van der Waals surface area contributed by atoms with Gasteiger partial charge in [-0.25, -0.2) is 23.7 Å². The van der Waals surface area contributed by atoms with Gasteiger partial charge in [-0.1, -0.05) is 52.3 Å². The van der Waals surface area contributed by atoms with Gasteiger partial charge in [-0.2, -0.15) is 0 Å². The molecule has 36 heavy (non-hydrogen) atoms. The molecule has 7 rings (SSSR count). The molecule has 3 aromatic carbocycles. The van der Waals surface area contributed by atoms with E-state index in [9.17, 15) is 9.18 Å². The average molecular weight is 541 g/mol. The van der Waals surface area contributed by atoms with Gasteiger partial charge in [-0.05, 0) is 42.0 Å². The number of hydrogen-bond acceptors (Lipinski definition) is 6. The van der Waals surface area contributed by atoms with Gasteiger partial charge in [-0.15, -0.1) is 5.10 Å². The van der Waals surface area contributed by atoms with Crippen molar-refractivity contribution in [3.05, 3.63) is 117 Å². The van der Waals surface area contributed by atoms with E-state index in [1.54, 1.807) is 24.3 Å². The van der Waals surface area contributed by atoms with Gasteiger partial charge >= 0.3 is 5.63 Å². The van der Waals surface area contributed by atoms with E-state index in [4.69, 9.17) is 14.1 Å². The smallest absolute Gasteiger partial charge is 0.344 e. The van der Waals surface area contributed by atoms with Crippen molar-refractivity contribution in [3.63, 3.8) is 0 Å². The third-order valence-corrected chi connectivity index (χ3v) is 6.95. The Morgan fingerprint density at radius 3 is 2.67 bits per heavy atom. The van der Waals surface area contributed by atoms with Crippen LogP contribution in [0, 0.1) is 5.82 Å². The summed E-state index contributed by atoms with van der Waals surface area (Å²) in [6, 6.07) is 20.8. The van der Waals surface area contributed by atoms with Gasteiger partial charge in [0.15, 0.2) is 17.2 Å². The second-order valence-corrected chi connectivity index (χ2v) is 9.22. The van der Waals surface area contributed by atoms with Crippen molar-refractivity contribution in [2.24, 2.45) is 0 Å². The normalized spacial score (nSPS) is 14.4. The fourth-order valence-corrected chi connectivity index (χ4v) is 5.17. The molecule has 9 heteroatoms. The van der Waals surface area contributed by atoms with Crippen molar-refractivity contribution < 1.29 is 13.5 Å². The highest BCUT2D eigenvalue weighted by Crippen LogP contribution is 2.48. The van der Waals surface area contributed by atoms with Crippen LogP contribution in [0.25, 0.3) is 28.0 Å². The number of ether oxygens (including phenoxy) is 1. The summed E-state index contributed by atoms with van der Waals surface area (Å²) in [5.41, 5.74) is 2.36. The summed E-state index contributed by atoms with van der Waals surface area (Å²) in [5.74, 6) is -0.0978. The molecule has 3 aromatic heterocycles. The van der Waals surface area contributed by atoms with E-state index in [0.717, 1.165) is 10.0 Å². The van der Waals surface area contributed by atoms with Crippen molar-refractivity contribution in [2.45, 2.75) is 5.92 Å². The number of fused-ring (bicyclic) bond motifs is 6. The summed E-state index contributed by atoms with van der Waals surface area (Å²) in [6.45, 7) is 0. The molecule has 0 radical (unpaired) electrons. The topological polar surface area (TPSA) is 82.5 Å². The lowest BCUT2D eigenvalue weighted by Gasteiger charge is -2.27. The van der Waals surface area contributed by atoms with Crippen LogP contribution in [0.3, 0.4) is 0 Å². The van der Waals surface area contributed by atoms with Crippen LogP contribution < -0.4 is 10.4 Å². The molecule has 4 heterocycles. The number of rotatable bonds is 2. The van der Waals surface area contributed by atoms with E-state index < -0.39 is 17.4 Å². The third-order valence-electron chi connectivity index (χ3n) is 6.26. The third kappa shape index (κ3) is 3.09. The first-order chi connectivity index (χ1) is 17.6. The van der Waals surface area contributed by atoms with Gasteiger partial charge in [-0.3, -0.25) is 0 Å². The number of halogens is 2. The SMILES string of the molecule is O=c1oc2ccccc2c2c1C(c1cccc(F)c1)c1c(ncn3nc(-c4ccccc4Br)nc13)O2. The molecule has 0 saturated heterocycles. The Bertz CT molecular complexity index is 1900. The first-order valence-corrected chi connectivity index (χ1v) is 11.9. The van der Waals surface area contributed by atoms with Gasteiger partial charge in [0.25, 0.3) is 0 Å². The molecule has 6 aromatic rings. The predicted octanol–water partition coefficient (Wildman–Crippen LogP) is 6.09. The Morgan fingerprint density at radius 2 is 1.81 bits per heavy atom. The van der Waals surface area contributed by atoms with Crippen LogP contribution in [-0.2, 0) is 0 Å². The Morgan fingerprint density at radius 1 is 0.972 bits per heavy atom. The molecule has 1 atom stereocenters. The molecule has 7 nitrogen and oxygen atoms in total. The minimum absolute atomic E-state index is 0.257. The van der Waals surface area contributed by atoms with E-state index in [1.165, 1.54) is 23.0 Å². The molecule has 1 aliphatic heterocycles. The number of hydrogen-bond donors (Lipinski definition) is 0. The summed E-state index contributed by atoms with van der Waals surface area (Å²) >= 11 is 3.55. The summed E-state index contributed by atoms with van der Waals surface area (Å²) in [7, 11) is 0. The van der Waals surface area contributed by atoms with Crippen LogP contribution in [0.1, 0.15) is 22.6 Å². The lowest BCUT2D eigenvalue weighted by atomic mass is 9.84. The number of nitrogens with zero attached hydrogens (tertiary/aromatic N) is 4. The van der Waals surface area contributed by atoms with Gasteiger partial charge < -0.3 is 9.15 Å². The van der Waals surface area contributed by atoms with Crippen molar-refractivity contribution in [1.29, 1.82) is 0 Å². The van der Waals surface area contributed by atoms with Crippen molar-refractivity contribution in [2.75, 3.05) is 0 Å². The molecule has 0 saturated carbocycles. The molecule has 0 bridgehead atoms. The number of aromatic nitrogens is 4. The molecule has 1 unspecified atom stereocenters. The standard InChI is InChI=1S/C27H14BrFN4O3/c28-18-10-3-1-8-16(18)24-31-25-22-20(14-6-5-7-15(29)12-14)21-23(36-26(22)30-13-33(25)32-24)17-9-2-4-11-19(17)35-27(21)34/h1-13,20H. The first-order valence-electron chi connectivity index (χ1n) is 11.1. The zero-order valence-corrected chi connectivity index (χ0v) is 19.9. The molecule has 174 valence electrons. The minimum atomic E-state index is -0.743. The quantitative estimate of drug-likeness (QED) is 0.247. The lowest BCUT2D eigenvalue weighted by Crippen LogP contribution is -2.22. The maximum Gasteiger partial charge on any atom is 0.344 e. The summed E-state index contributed by atoms with van der Waals surface area (Å²) in [4.78, 5) is 22.7. The van der Waals surface area contributed by atoms with Gasteiger partial charge in [0.2, 0.25) is 5.88 Å².